The van der Waals surface area contributed by atoms with Crippen LogP contribution in [0, 0.1) is 6.92 Å². The third kappa shape index (κ3) is 8.26. The second-order valence-corrected chi connectivity index (χ2v) is 3.40. The van der Waals surface area contributed by atoms with Crippen molar-refractivity contribution in [1.82, 2.24) is 0 Å². The molecule has 0 aromatic carbocycles. The Morgan fingerprint density at radius 2 is 1.92 bits per heavy atom. The first-order chi connectivity index (χ1) is 6.20. The van der Waals surface area contributed by atoms with E-state index in [0.29, 0.717) is 6.61 Å². The van der Waals surface area contributed by atoms with E-state index in [1.54, 1.807) is 0 Å². The summed E-state index contributed by atoms with van der Waals surface area (Å²) in [5, 5.41) is 0. The van der Waals surface area contributed by atoms with Gasteiger partial charge in [0.1, 0.15) is 0 Å². The van der Waals surface area contributed by atoms with Gasteiger partial charge < -0.3 is 9.47 Å². The summed E-state index contributed by atoms with van der Waals surface area (Å²) in [5.41, 5.74) is 0. The molecular formula is C11H23O2. The average molecular weight is 187 g/mol. The molecule has 0 aromatic rings. The first-order valence-corrected chi connectivity index (χ1v) is 5.27. The van der Waals surface area contributed by atoms with Gasteiger partial charge in [-0.15, -0.1) is 0 Å². The minimum atomic E-state index is 0.0591. The second kappa shape index (κ2) is 8.52. The number of hydrogen-bond donors (Lipinski definition) is 0. The Bertz CT molecular complexity index is 102. The van der Waals surface area contributed by atoms with Crippen LogP contribution >= 0.6 is 0 Å². The molecule has 0 bridgehead atoms. The van der Waals surface area contributed by atoms with Crippen LogP contribution in [0.15, 0.2) is 0 Å². The number of hydrogen-bond acceptors (Lipinski definition) is 2. The molecule has 2 nitrogen and oxygen atoms in total. The van der Waals surface area contributed by atoms with Crippen LogP contribution in [0.1, 0.15) is 40.0 Å². The van der Waals surface area contributed by atoms with Crippen molar-refractivity contribution in [2.75, 3.05) is 13.2 Å². The van der Waals surface area contributed by atoms with Gasteiger partial charge in [0.15, 0.2) is 0 Å². The molecule has 0 aliphatic heterocycles. The Balaban J connectivity index is 3.39. The Labute approximate surface area is 82.6 Å². The topological polar surface area (TPSA) is 18.5 Å². The summed E-state index contributed by atoms with van der Waals surface area (Å²) in [5.74, 6) is 0. The Morgan fingerprint density at radius 3 is 2.38 bits per heavy atom. The number of rotatable bonds is 8. The highest BCUT2D eigenvalue weighted by molar-refractivity contribution is 4.57. The molecule has 0 fully saturated rings. The Hall–Kier alpha value is -0.0800. The summed E-state index contributed by atoms with van der Waals surface area (Å²) >= 11 is 0. The van der Waals surface area contributed by atoms with Crippen LogP contribution in [-0.4, -0.2) is 25.4 Å². The van der Waals surface area contributed by atoms with Crippen LogP contribution < -0.4 is 0 Å². The lowest BCUT2D eigenvalue weighted by Gasteiger charge is -2.17. The molecule has 2 heteroatoms. The summed E-state index contributed by atoms with van der Waals surface area (Å²) in [6.45, 7) is 11.5. The van der Waals surface area contributed by atoms with Gasteiger partial charge in [-0.2, -0.15) is 0 Å². The predicted molar refractivity (Wildman–Crippen MR) is 55.7 cm³/mol. The highest BCUT2D eigenvalue weighted by Crippen LogP contribution is 2.02. The fourth-order valence-corrected chi connectivity index (χ4v) is 0.950. The fraction of sp³-hybridized carbons (Fsp3) is 0.909. The Morgan fingerprint density at radius 1 is 1.23 bits per heavy atom. The molecule has 0 spiro atoms. The summed E-state index contributed by atoms with van der Waals surface area (Å²) in [7, 11) is 0. The predicted octanol–water partition coefficient (Wildman–Crippen LogP) is 2.82. The molecule has 79 valence electrons. The van der Waals surface area contributed by atoms with Crippen molar-refractivity contribution in [2.45, 2.75) is 52.2 Å². The molecule has 0 saturated heterocycles. The van der Waals surface area contributed by atoms with Crippen molar-refractivity contribution < 1.29 is 9.47 Å². The molecule has 13 heavy (non-hydrogen) atoms. The summed E-state index contributed by atoms with van der Waals surface area (Å²) in [4.78, 5) is 0. The maximum Gasteiger partial charge on any atom is 0.0806 e. The van der Waals surface area contributed by atoms with Gasteiger partial charge in [0.05, 0.1) is 18.8 Å². The minimum Gasteiger partial charge on any atom is -0.376 e. The van der Waals surface area contributed by atoms with Gasteiger partial charge in [-0.05, 0) is 26.7 Å². The van der Waals surface area contributed by atoms with Crippen molar-refractivity contribution >= 4 is 0 Å². The van der Waals surface area contributed by atoms with Crippen LogP contribution in [-0.2, 0) is 9.47 Å². The largest absolute Gasteiger partial charge is 0.376 e. The fourth-order valence-electron chi connectivity index (χ4n) is 0.950. The molecule has 0 aliphatic carbocycles. The van der Waals surface area contributed by atoms with E-state index in [2.05, 4.69) is 20.8 Å². The lowest BCUT2D eigenvalue weighted by Crippen LogP contribution is -2.21. The molecule has 1 radical (unpaired) electrons. The third-order valence-electron chi connectivity index (χ3n) is 1.87. The third-order valence-corrected chi connectivity index (χ3v) is 1.87. The van der Waals surface area contributed by atoms with Gasteiger partial charge in [-0.1, -0.05) is 20.3 Å². The highest BCUT2D eigenvalue weighted by atomic mass is 16.5. The van der Waals surface area contributed by atoms with Crippen LogP contribution in [0.2, 0.25) is 0 Å². The van der Waals surface area contributed by atoms with Crippen LogP contribution in [0.25, 0.3) is 0 Å². The molecule has 0 aromatic heterocycles. The monoisotopic (exact) mass is 187 g/mol. The van der Waals surface area contributed by atoms with E-state index in [1.807, 2.05) is 6.92 Å². The molecule has 0 aliphatic rings. The normalized spacial score (nSPS) is 13.6. The maximum atomic E-state index is 5.63. The highest BCUT2D eigenvalue weighted by Gasteiger charge is 2.06. The molecule has 2 atom stereocenters. The zero-order valence-electron chi connectivity index (χ0n) is 9.21. The SMILES string of the molecule is [CH2]C(C)OCC(CC)OCCCC. The molecular weight excluding hydrogens is 164 g/mol. The number of unbranched alkanes of at least 4 members (excludes halogenated alkanes) is 1. The lowest BCUT2D eigenvalue weighted by molar-refractivity contribution is -0.0312. The van der Waals surface area contributed by atoms with E-state index in [4.69, 9.17) is 9.47 Å². The van der Waals surface area contributed by atoms with Crippen molar-refractivity contribution in [3.8, 4) is 0 Å². The molecule has 2 unspecified atom stereocenters. The minimum absolute atomic E-state index is 0.0591. The van der Waals surface area contributed by atoms with E-state index < -0.39 is 0 Å². The summed E-state index contributed by atoms with van der Waals surface area (Å²) < 4.78 is 11.0. The number of ether oxygens (including phenoxy) is 2. The van der Waals surface area contributed by atoms with Crippen LogP contribution in [0.3, 0.4) is 0 Å². The van der Waals surface area contributed by atoms with E-state index >= 15 is 0 Å². The van der Waals surface area contributed by atoms with Crippen molar-refractivity contribution in [3.63, 3.8) is 0 Å². The first kappa shape index (κ1) is 12.9. The van der Waals surface area contributed by atoms with Crippen molar-refractivity contribution in [2.24, 2.45) is 0 Å². The van der Waals surface area contributed by atoms with Gasteiger partial charge in [-0.25, -0.2) is 0 Å². The average Bonchev–Trinajstić information content (AvgIpc) is 2.10. The van der Waals surface area contributed by atoms with Gasteiger partial charge in [-0.3, -0.25) is 0 Å². The van der Waals surface area contributed by atoms with Crippen LogP contribution in [0.4, 0.5) is 0 Å². The van der Waals surface area contributed by atoms with Gasteiger partial charge >= 0.3 is 0 Å². The van der Waals surface area contributed by atoms with E-state index in [-0.39, 0.29) is 12.2 Å². The standard InChI is InChI=1S/C11H23O2/c1-5-7-8-12-11(6-2)9-13-10(3)4/h10-11H,3,5-9H2,1-2,4H3. The molecule has 0 heterocycles. The van der Waals surface area contributed by atoms with E-state index in [9.17, 15) is 0 Å². The maximum absolute atomic E-state index is 5.63. The van der Waals surface area contributed by atoms with Gasteiger partial charge in [0, 0.05) is 6.61 Å². The van der Waals surface area contributed by atoms with Crippen molar-refractivity contribution in [1.29, 1.82) is 0 Å². The second-order valence-electron chi connectivity index (χ2n) is 3.40. The lowest BCUT2D eigenvalue weighted by atomic mass is 10.3. The zero-order chi connectivity index (χ0) is 10.1. The molecule has 0 rings (SSSR count). The molecule has 0 N–H and O–H groups in total. The van der Waals surface area contributed by atoms with Gasteiger partial charge in [0.25, 0.3) is 0 Å². The van der Waals surface area contributed by atoms with Crippen LogP contribution in [0.5, 0.6) is 0 Å². The summed E-state index contributed by atoms with van der Waals surface area (Å²) in [6.07, 6.45) is 3.63. The smallest absolute Gasteiger partial charge is 0.0806 e. The Kier molecular flexibility index (Phi) is 8.46. The quantitative estimate of drug-likeness (QED) is 0.544. The van der Waals surface area contributed by atoms with Gasteiger partial charge in [0.2, 0.25) is 0 Å². The molecule has 0 saturated carbocycles. The molecule has 0 amide bonds. The van der Waals surface area contributed by atoms with E-state index in [0.717, 1.165) is 19.4 Å². The van der Waals surface area contributed by atoms with E-state index in [1.165, 1.54) is 6.42 Å². The summed E-state index contributed by atoms with van der Waals surface area (Å²) in [6, 6.07) is 0. The van der Waals surface area contributed by atoms with Crippen molar-refractivity contribution in [3.05, 3.63) is 6.92 Å². The first-order valence-electron chi connectivity index (χ1n) is 5.27. The zero-order valence-corrected chi connectivity index (χ0v) is 9.21.